The van der Waals surface area contributed by atoms with Crippen molar-refractivity contribution in [3.8, 4) is 5.75 Å². The average molecular weight is 233 g/mol. The molecule has 0 radical (unpaired) electrons. The molecule has 0 aliphatic carbocycles. The predicted octanol–water partition coefficient (Wildman–Crippen LogP) is 2.81. The van der Waals surface area contributed by atoms with E-state index in [9.17, 15) is 0 Å². The van der Waals surface area contributed by atoms with Crippen LogP contribution in [0.25, 0.3) is 10.1 Å². The number of hydrogen-bond acceptors (Lipinski definition) is 3. The molecule has 1 aliphatic heterocycles. The molecule has 0 unspecified atom stereocenters. The molecular formula is C13H15NOS. The molecule has 0 spiro atoms. The molecule has 1 saturated heterocycles. The minimum atomic E-state index is 0.695. The van der Waals surface area contributed by atoms with E-state index < -0.39 is 0 Å². The minimum absolute atomic E-state index is 0.695. The molecule has 0 bridgehead atoms. The number of benzene rings is 1. The van der Waals surface area contributed by atoms with Crippen molar-refractivity contribution in [2.75, 3.05) is 19.7 Å². The molecule has 1 aliphatic rings. The van der Waals surface area contributed by atoms with Gasteiger partial charge in [-0.2, -0.15) is 0 Å². The summed E-state index contributed by atoms with van der Waals surface area (Å²) in [5, 5.41) is 6.80. The van der Waals surface area contributed by atoms with Crippen LogP contribution in [0.2, 0.25) is 0 Å². The lowest BCUT2D eigenvalue weighted by Gasteiger charge is -2.26. The zero-order chi connectivity index (χ0) is 11.0. The van der Waals surface area contributed by atoms with Crippen LogP contribution in [0.15, 0.2) is 23.6 Å². The van der Waals surface area contributed by atoms with Gasteiger partial charge in [0.15, 0.2) is 0 Å². The van der Waals surface area contributed by atoms with Crippen molar-refractivity contribution in [3.63, 3.8) is 0 Å². The first-order chi connectivity index (χ1) is 7.83. The van der Waals surface area contributed by atoms with E-state index >= 15 is 0 Å². The summed E-state index contributed by atoms with van der Waals surface area (Å²) in [6.07, 6.45) is 0. The Balaban J connectivity index is 1.76. The second kappa shape index (κ2) is 4.07. The Labute approximate surface area is 99.2 Å². The molecule has 84 valence electrons. The Morgan fingerprint density at radius 3 is 3.06 bits per heavy atom. The van der Waals surface area contributed by atoms with Crippen molar-refractivity contribution in [2.45, 2.75) is 6.92 Å². The van der Waals surface area contributed by atoms with E-state index in [1.807, 2.05) is 0 Å². The molecule has 2 aromatic rings. The quantitative estimate of drug-likeness (QED) is 0.880. The maximum absolute atomic E-state index is 5.79. The first kappa shape index (κ1) is 10.1. The average Bonchev–Trinajstić information content (AvgIpc) is 2.58. The Hall–Kier alpha value is -1.06. The fourth-order valence-electron chi connectivity index (χ4n) is 1.91. The zero-order valence-corrected chi connectivity index (χ0v) is 10.1. The highest BCUT2D eigenvalue weighted by molar-refractivity contribution is 7.17. The number of fused-ring (bicyclic) bond motifs is 1. The highest BCUT2D eigenvalue weighted by atomic mass is 32.1. The smallest absolute Gasteiger partial charge is 0.120 e. The number of nitrogens with one attached hydrogen (secondary N) is 1. The van der Waals surface area contributed by atoms with Gasteiger partial charge >= 0.3 is 0 Å². The predicted molar refractivity (Wildman–Crippen MR) is 68.4 cm³/mol. The van der Waals surface area contributed by atoms with Gasteiger partial charge in [0.05, 0.1) is 6.61 Å². The Morgan fingerprint density at radius 2 is 2.31 bits per heavy atom. The van der Waals surface area contributed by atoms with Gasteiger partial charge in [0, 0.05) is 23.7 Å². The molecule has 2 nitrogen and oxygen atoms in total. The summed E-state index contributed by atoms with van der Waals surface area (Å²) in [5.74, 6) is 1.70. The molecule has 1 N–H and O–H groups in total. The van der Waals surface area contributed by atoms with Crippen LogP contribution in [0.5, 0.6) is 5.75 Å². The van der Waals surface area contributed by atoms with E-state index in [2.05, 4.69) is 35.8 Å². The monoisotopic (exact) mass is 233 g/mol. The first-order valence-electron chi connectivity index (χ1n) is 5.64. The maximum Gasteiger partial charge on any atom is 0.120 e. The minimum Gasteiger partial charge on any atom is -0.493 e. The summed E-state index contributed by atoms with van der Waals surface area (Å²) in [6.45, 7) is 5.18. The summed E-state index contributed by atoms with van der Waals surface area (Å²) < 4.78 is 7.11. The standard InChI is InChI=1S/C13H15NOS/c1-9-8-16-13-4-11(2-3-12(9)13)15-7-10-5-14-6-10/h2-4,8,10,14H,5-7H2,1H3. The number of ether oxygens (including phenoxy) is 1. The van der Waals surface area contributed by atoms with Crippen molar-refractivity contribution in [1.29, 1.82) is 0 Å². The summed E-state index contributed by atoms with van der Waals surface area (Å²) in [7, 11) is 0. The third kappa shape index (κ3) is 1.81. The second-order valence-electron chi connectivity index (χ2n) is 4.41. The number of thiophene rings is 1. The van der Waals surface area contributed by atoms with Crippen molar-refractivity contribution < 1.29 is 4.74 Å². The van der Waals surface area contributed by atoms with E-state index in [4.69, 9.17) is 4.74 Å². The van der Waals surface area contributed by atoms with Gasteiger partial charge in [-0.3, -0.25) is 0 Å². The van der Waals surface area contributed by atoms with Gasteiger partial charge in [-0.1, -0.05) is 0 Å². The molecule has 1 aromatic carbocycles. The van der Waals surface area contributed by atoms with Crippen LogP contribution in [0.3, 0.4) is 0 Å². The van der Waals surface area contributed by atoms with Crippen molar-refractivity contribution in [1.82, 2.24) is 5.32 Å². The molecular weight excluding hydrogens is 218 g/mol. The number of rotatable bonds is 3. The van der Waals surface area contributed by atoms with Crippen molar-refractivity contribution in [3.05, 3.63) is 29.1 Å². The van der Waals surface area contributed by atoms with Gasteiger partial charge in [-0.25, -0.2) is 0 Å². The molecule has 0 saturated carbocycles. The Bertz CT molecular complexity index is 502. The van der Waals surface area contributed by atoms with Gasteiger partial charge < -0.3 is 10.1 Å². The summed E-state index contributed by atoms with van der Waals surface area (Å²) in [4.78, 5) is 0. The Morgan fingerprint density at radius 1 is 1.44 bits per heavy atom. The van der Waals surface area contributed by atoms with Gasteiger partial charge in [-0.15, -0.1) is 11.3 Å². The van der Waals surface area contributed by atoms with E-state index in [-0.39, 0.29) is 0 Å². The SMILES string of the molecule is Cc1csc2cc(OCC3CNC3)ccc12. The highest BCUT2D eigenvalue weighted by Crippen LogP contribution is 2.29. The molecule has 16 heavy (non-hydrogen) atoms. The van der Waals surface area contributed by atoms with E-state index in [1.54, 1.807) is 11.3 Å². The van der Waals surface area contributed by atoms with E-state index in [0.29, 0.717) is 5.92 Å². The van der Waals surface area contributed by atoms with Crippen molar-refractivity contribution >= 4 is 21.4 Å². The second-order valence-corrected chi connectivity index (χ2v) is 5.32. The lowest BCUT2D eigenvalue weighted by atomic mass is 10.1. The van der Waals surface area contributed by atoms with Crippen molar-refractivity contribution in [2.24, 2.45) is 5.92 Å². The van der Waals surface area contributed by atoms with Crippen LogP contribution in [0.1, 0.15) is 5.56 Å². The van der Waals surface area contributed by atoms with Crippen LogP contribution in [-0.2, 0) is 0 Å². The molecule has 3 rings (SSSR count). The normalized spacial score (nSPS) is 16.3. The molecule has 2 heterocycles. The number of aryl methyl sites for hydroxylation is 1. The largest absolute Gasteiger partial charge is 0.493 e. The van der Waals surface area contributed by atoms with Crippen LogP contribution >= 0.6 is 11.3 Å². The maximum atomic E-state index is 5.79. The fourth-order valence-corrected chi connectivity index (χ4v) is 2.88. The number of hydrogen-bond donors (Lipinski definition) is 1. The summed E-state index contributed by atoms with van der Waals surface area (Å²) in [6, 6.07) is 6.39. The lowest BCUT2D eigenvalue weighted by molar-refractivity contribution is 0.199. The first-order valence-corrected chi connectivity index (χ1v) is 6.52. The fraction of sp³-hybridized carbons (Fsp3) is 0.385. The van der Waals surface area contributed by atoms with Crippen LogP contribution in [-0.4, -0.2) is 19.7 Å². The lowest BCUT2D eigenvalue weighted by Crippen LogP contribution is -2.45. The van der Waals surface area contributed by atoms with E-state index in [0.717, 1.165) is 25.4 Å². The third-order valence-corrected chi connectivity index (χ3v) is 4.16. The van der Waals surface area contributed by atoms with Gasteiger partial charge in [0.25, 0.3) is 0 Å². The molecule has 0 amide bonds. The third-order valence-electron chi connectivity index (χ3n) is 3.09. The van der Waals surface area contributed by atoms with Crippen LogP contribution < -0.4 is 10.1 Å². The molecule has 1 aromatic heterocycles. The zero-order valence-electron chi connectivity index (χ0n) is 9.32. The topological polar surface area (TPSA) is 21.3 Å². The van der Waals surface area contributed by atoms with E-state index in [1.165, 1.54) is 15.6 Å². The van der Waals surface area contributed by atoms with Crippen LogP contribution in [0.4, 0.5) is 0 Å². The molecule has 3 heteroatoms. The molecule has 1 fully saturated rings. The van der Waals surface area contributed by atoms with Gasteiger partial charge in [0.2, 0.25) is 0 Å². The summed E-state index contributed by atoms with van der Waals surface area (Å²) >= 11 is 1.79. The summed E-state index contributed by atoms with van der Waals surface area (Å²) in [5.41, 5.74) is 1.36. The van der Waals surface area contributed by atoms with Gasteiger partial charge in [-0.05, 0) is 41.5 Å². The van der Waals surface area contributed by atoms with Gasteiger partial charge in [0.1, 0.15) is 5.75 Å². The highest BCUT2D eigenvalue weighted by Gasteiger charge is 2.17. The Kier molecular flexibility index (Phi) is 2.58. The molecule has 0 atom stereocenters. The van der Waals surface area contributed by atoms with Crippen LogP contribution in [0, 0.1) is 12.8 Å².